The molecular weight excluding hydrogens is 202 g/mol. The van der Waals surface area contributed by atoms with Crippen LogP contribution in [0.1, 0.15) is 12.0 Å². The van der Waals surface area contributed by atoms with Gasteiger partial charge in [0, 0.05) is 12.5 Å². The molecule has 0 aliphatic heterocycles. The van der Waals surface area contributed by atoms with E-state index in [9.17, 15) is 8.78 Å². The van der Waals surface area contributed by atoms with Gasteiger partial charge in [-0.1, -0.05) is 11.8 Å². The highest BCUT2D eigenvalue weighted by Crippen LogP contribution is 2.20. The molecule has 0 fully saturated rings. The van der Waals surface area contributed by atoms with Crippen LogP contribution >= 0.6 is 0 Å². The van der Waals surface area contributed by atoms with Crippen LogP contribution in [0.4, 0.5) is 8.78 Å². The van der Waals surface area contributed by atoms with Crippen molar-refractivity contribution in [2.75, 3.05) is 13.7 Å². The van der Waals surface area contributed by atoms with Crippen LogP contribution < -0.4 is 4.74 Å². The minimum atomic E-state index is -0.973. The number of methoxy groups -OCH3 is 1. The van der Waals surface area contributed by atoms with Crippen molar-refractivity contribution in [3.05, 3.63) is 29.3 Å². The van der Waals surface area contributed by atoms with Crippen molar-refractivity contribution in [3.8, 4) is 17.6 Å². The molecule has 1 aromatic carbocycles. The number of hydrogen-bond donors (Lipinski definition) is 1. The zero-order valence-electron chi connectivity index (χ0n) is 8.18. The maximum atomic E-state index is 12.9. The van der Waals surface area contributed by atoms with Gasteiger partial charge in [-0.2, -0.15) is 0 Å². The smallest absolute Gasteiger partial charge is 0.162 e. The second kappa shape index (κ2) is 5.32. The van der Waals surface area contributed by atoms with Crippen molar-refractivity contribution in [3.63, 3.8) is 0 Å². The number of rotatable bonds is 2. The van der Waals surface area contributed by atoms with E-state index in [1.807, 2.05) is 0 Å². The van der Waals surface area contributed by atoms with Crippen LogP contribution in [0.15, 0.2) is 12.1 Å². The third-order valence-corrected chi connectivity index (χ3v) is 1.70. The number of halogens is 2. The van der Waals surface area contributed by atoms with Crippen molar-refractivity contribution in [1.29, 1.82) is 0 Å². The van der Waals surface area contributed by atoms with Crippen molar-refractivity contribution < 1.29 is 18.6 Å². The first-order valence-electron chi connectivity index (χ1n) is 4.31. The molecule has 80 valence electrons. The fourth-order valence-corrected chi connectivity index (χ4v) is 1.01. The molecule has 0 bridgehead atoms. The van der Waals surface area contributed by atoms with Gasteiger partial charge in [0.15, 0.2) is 11.6 Å². The Kier molecular flexibility index (Phi) is 4.07. The van der Waals surface area contributed by atoms with Gasteiger partial charge in [-0.3, -0.25) is 0 Å². The molecule has 0 aliphatic carbocycles. The molecule has 1 rings (SSSR count). The first-order chi connectivity index (χ1) is 7.19. The summed E-state index contributed by atoms with van der Waals surface area (Å²) < 4.78 is 30.5. The SMILES string of the molecule is COc1cc(F)c(F)cc1C#CCCO. The lowest BCUT2D eigenvalue weighted by atomic mass is 10.2. The molecule has 1 N–H and O–H groups in total. The fraction of sp³-hybridized carbons (Fsp3) is 0.273. The van der Waals surface area contributed by atoms with E-state index >= 15 is 0 Å². The molecule has 0 atom stereocenters. The molecule has 0 saturated heterocycles. The first kappa shape index (κ1) is 11.5. The topological polar surface area (TPSA) is 29.5 Å². The lowest BCUT2D eigenvalue weighted by Crippen LogP contribution is -1.93. The Morgan fingerprint density at radius 3 is 2.60 bits per heavy atom. The summed E-state index contributed by atoms with van der Waals surface area (Å²) in [6.07, 6.45) is 0.280. The maximum Gasteiger partial charge on any atom is 0.162 e. The molecule has 0 saturated carbocycles. The second-order valence-electron chi connectivity index (χ2n) is 2.74. The summed E-state index contributed by atoms with van der Waals surface area (Å²) >= 11 is 0. The third kappa shape index (κ3) is 2.93. The Balaban J connectivity index is 3.06. The standard InChI is InChI=1S/C11H10F2O2/c1-15-11-7-10(13)9(12)6-8(11)4-2-3-5-14/h6-7,14H,3,5H2,1H3. The lowest BCUT2D eigenvalue weighted by molar-refractivity contribution is 0.305. The molecule has 4 heteroatoms. The molecule has 15 heavy (non-hydrogen) atoms. The Morgan fingerprint density at radius 1 is 1.33 bits per heavy atom. The van der Waals surface area contributed by atoms with Crippen LogP contribution in [0.2, 0.25) is 0 Å². The van der Waals surface area contributed by atoms with Gasteiger partial charge in [0.25, 0.3) is 0 Å². The van der Waals surface area contributed by atoms with Crippen LogP contribution in [0.5, 0.6) is 5.75 Å². The quantitative estimate of drug-likeness (QED) is 0.756. The van der Waals surface area contributed by atoms with E-state index in [1.165, 1.54) is 7.11 Å². The Labute approximate surface area is 86.5 Å². The van der Waals surface area contributed by atoms with Gasteiger partial charge in [-0.25, -0.2) is 8.78 Å². The summed E-state index contributed by atoms with van der Waals surface area (Å²) in [5.74, 6) is 3.43. The van der Waals surface area contributed by atoms with E-state index in [1.54, 1.807) is 0 Å². The zero-order chi connectivity index (χ0) is 11.3. The number of aliphatic hydroxyl groups is 1. The monoisotopic (exact) mass is 212 g/mol. The zero-order valence-corrected chi connectivity index (χ0v) is 8.18. The van der Waals surface area contributed by atoms with Crippen LogP contribution in [0.3, 0.4) is 0 Å². The van der Waals surface area contributed by atoms with E-state index in [0.717, 1.165) is 12.1 Å². The Bertz CT molecular complexity index is 405. The molecule has 0 amide bonds. The molecule has 0 aromatic heterocycles. The molecule has 1 aromatic rings. The largest absolute Gasteiger partial charge is 0.495 e. The number of hydrogen-bond acceptors (Lipinski definition) is 2. The Hall–Kier alpha value is -1.60. The average molecular weight is 212 g/mol. The van der Waals surface area contributed by atoms with E-state index in [2.05, 4.69) is 11.8 Å². The van der Waals surface area contributed by atoms with Crippen molar-refractivity contribution >= 4 is 0 Å². The summed E-state index contributed by atoms with van der Waals surface area (Å²) in [6, 6.07) is 1.91. The van der Waals surface area contributed by atoms with Crippen LogP contribution in [0, 0.1) is 23.5 Å². The third-order valence-electron chi connectivity index (χ3n) is 1.70. The van der Waals surface area contributed by atoms with Crippen molar-refractivity contribution in [2.45, 2.75) is 6.42 Å². The van der Waals surface area contributed by atoms with Crippen LogP contribution in [0.25, 0.3) is 0 Å². The normalized spacial score (nSPS) is 9.33. The molecule has 0 unspecified atom stereocenters. The maximum absolute atomic E-state index is 12.9. The highest BCUT2D eigenvalue weighted by Gasteiger charge is 2.08. The number of ether oxygens (including phenoxy) is 1. The molecule has 0 heterocycles. The van der Waals surface area contributed by atoms with Gasteiger partial charge in [0.05, 0.1) is 19.3 Å². The fourth-order valence-electron chi connectivity index (χ4n) is 1.01. The minimum Gasteiger partial charge on any atom is -0.495 e. The van der Waals surface area contributed by atoms with E-state index in [-0.39, 0.29) is 24.3 Å². The van der Waals surface area contributed by atoms with Gasteiger partial charge in [0.1, 0.15) is 5.75 Å². The molecule has 0 radical (unpaired) electrons. The van der Waals surface area contributed by atoms with E-state index in [0.29, 0.717) is 0 Å². The van der Waals surface area contributed by atoms with Gasteiger partial charge in [-0.15, -0.1) is 0 Å². The van der Waals surface area contributed by atoms with E-state index < -0.39 is 11.6 Å². The summed E-state index contributed by atoms with van der Waals surface area (Å²) in [4.78, 5) is 0. The summed E-state index contributed by atoms with van der Waals surface area (Å²) in [5, 5.41) is 8.50. The van der Waals surface area contributed by atoms with Gasteiger partial charge < -0.3 is 9.84 Å². The van der Waals surface area contributed by atoms with Gasteiger partial charge in [-0.05, 0) is 6.07 Å². The molecule has 2 nitrogen and oxygen atoms in total. The van der Waals surface area contributed by atoms with Crippen molar-refractivity contribution in [2.24, 2.45) is 0 Å². The highest BCUT2D eigenvalue weighted by molar-refractivity contribution is 5.46. The predicted octanol–water partition coefficient (Wildman–Crippen LogP) is 1.71. The number of benzene rings is 1. The van der Waals surface area contributed by atoms with Gasteiger partial charge in [0.2, 0.25) is 0 Å². The van der Waals surface area contributed by atoms with Crippen molar-refractivity contribution in [1.82, 2.24) is 0 Å². The first-order valence-corrected chi connectivity index (χ1v) is 4.31. The average Bonchev–Trinajstić information content (AvgIpc) is 2.23. The summed E-state index contributed by atoms with van der Waals surface area (Å²) in [5.41, 5.74) is 0.268. The van der Waals surface area contributed by atoms with E-state index in [4.69, 9.17) is 9.84 Å². The Morgan fingerprint density at radius 2 is 2.00 bits per heavy atom. The second-order valence-corrected chi connectivity index (χ2v) is 2.74. The lowest BCUT2D eigenvalue weighted by Gasteiger charge is -2.03. The highest BCUT2D eigenvalue weighted by atomic mass is 19.2. The van der Waals surface area contributed by atoms with Crippen LogP contribution in [-0.4, -0.2) is 18.8 Å². The van der Waals surface area contributed by atoms with Gasteiger partial charge >= 0.3 is 0 Å². The summed E-state index contributed by atoms with van der Waals surface area (Å²) in [6.45, 7) is -0.0704. The minimum absolute atomic E-state index is 0.0704. The van der Waals surface area contributed by atoms with Crippen LogP contribution in [-0.2, 0) is 0 Å². The molecular formula is C11H10F2O2. The predicted molar refractivity (Wildman–Crippen MR) is 51.5 cm³/mol. The number of aliphatic hydroxyl groups excluding tert-OH is 1. The molecule has 0 spiro atoms. The summed E-state index contributed by atoms with van der Waals surface area (Å²) in [7, 11) is 1.35. The molecule has 0 aliphatic rings.